The molecule has 0 saturated carbocycles. The lowest BCUT2D eigenvalue weighted by Crippen LogP contribution is -2.18. The van der Waals surface area contributed by atoms with E-state index in [4.69, 9.17) is 4.74 Å². The second-order valence-corrected chi connectivity index (χ2v) is 5.36. The van der Waals surface area contributed by atoms with Gasteiger partial charge in [0.2, 0.25) is 0 Å². The Hall–Kier alpha value is -1.57. The Morgan fingerprint density at radius 2 is 2.00 bits per heavy atom. The van der Waals surface area contributed by atoms with Crippen molar-refractivity contribution in [2.24, 2.45) is 0 Å². The number of aromatic nitrogens is 1. The number of ether oxygens (including phenoxy) is 1. The fraction of sp³-hybridized carbons (Fsp3) is 0.438. The lowest BCUT2D eigenvalue weighted by Gasteiger charge is -2.27. The molecule has 96 valence electrons. The van der Waals surface area contributed by atoms with Crippen LogP contribution in [-0.4, -0.2) is 12.1 Å². The first-order valence-corrected chi connectivity index (χ1v) is 6.52. The highest BCUT2D eigenvalue weighted by molar-refractivity contribution is 5.86. The summed E-state index contributed by atoms with van der Waals surface area (Å²) in [6.07, 6.45) is 4.12. The largest absolute Gasteiger partial charge is 0.494 e. The van der Waals surface area contributed by atoms with Gasteiger partial charge in [0.1, 0.15) is 11.3 Å². The molecule has 18 heavy (non-hydrogen) atoms. The van der Waals surface area contributed by atoms with Crippen LogP contribution in [0.1, 0.15) is 39.2 Å². The van der Waals surface area contributed by atoms with Crippen molar-refractivity contribution in [2.45, 2.75) is 39.0 Å². The van der Waals surface area contributed by atoms with Gasteiger partial charge in [0.05, 0.1) is 7.11 Å². The molecule has 0 bridgehead atoms. The zero-order valence-corrected chi connectivity index (χ0v) is 11.7. The maximum atomic E-state index is 5.63. The molecular weight excluding hydrogens is 222 g/mol. The molecule has 0 N–H and O–H groups in total. The molecule has 2 rings (SSSR count). The van der Waals surface area contributed by atoms with Gasteiger partial charge in [-0.1, -0.05) is 45.4 Å². The molecule has 1 aromatic carbocycles. The summed E-state index contributed by atoms with van der Waals surface area (Å²) >= 11 is 0. The van der Waals surface area contributed by atoms with Gasteiger partial charge in [-0.25, -0.2) is 0 Å². The number of pyridine rings is 1. The summed E-state index contributed by atoms with van der Waals surface area (Å²) in [7, 11) is 1.73. The zero-order chi connectivity index (χ0) is 13.2. The highest BCUT2D eigenvalue weighted by atomic mass is 16.5. The summed E-state index contributed by atoms with van der Waals surface area (Å²) in [5, 5.41) is 1.13. The molecule has 0 unspecified atom stereocenters. The number of benzene rings is 1. The van der Waals surface area contributed by atoms with Gasteiger partial charge in [-0.15, -0.1) is 0 Å². The first kappa shape index (κ1) is 12.9. The summed E-state index contributed by atoms with van der Waals surface area (Å²) in [5.41, 5.74) is 2.32. The molecule has 2 nitrogen and oxygen atoms in total. The Bertz CT molecular complexity index is 546. The van der Waals surface area contributed by atoms with Gasteiger partial charge in [-0.05, 0) is 17.9 Å². The molecule has 0 amide bonds. The van der Waals surface area contributed by atoms with Gasteiger partial charge >= 0.3 is 0 Å². The van der Waals surface area contributed by atoms with Crippen molar-refractivity contribution in [3.8, 4) is 5.75 Å². The van der Waals surface area contributed by atoms with Crippen LogP contribution in [0, 0.1) is 0 Å². The predicted octanol–water partition coefficient (Wildman–Crippen LogP) is 4.32. The van der Waals surface area contributed by atoms with Gasteiger partial charge in [0.15, 0.2) is 0 Å². The summed E-state index contributed by atoms with van der Waals surface area (Å²) in [6, 6.07) is 8.34. The quantitative estimate of drug-likeness (QED) is 0.797. The molecule has 0 saturated heterocycles. The summed E-state index contributed by atoms with van der Waals surface area (Å²) in [5.74, 6) is 0.923. The van der Waals surface area contributed by atoms with Crippen LogP contribution in [0.4, 0.5) is 0 Å². The highest BCUT2D eigenvalue weighted by Crippen LogP contribution is 2.38. The molecule has 1 aromatic heterocycles. The number of methoxy groups -OCH3 is 1. The summed E-state index contributed by atoms with van der Waals surface area (Å²) in [6.45, 7) is 6.75. The molecule has 2 heteroatoms. The first-order valence-electron chi connectivity index (χ1n) is 6.52. The fourth-order valence-electron chi connectivity index (χ4n) is 2.62. The Balaban J connectivity index is 2.65. The number of hydrogen-bond donors (Lipinski definition) is 0. The van der Waals surface area contributed by atoms with E-state index in [1.165, 1.54) is 5.56 Å². The van der Waals surface area contributed by atoms with Gasteiger partial charge in [0.25, 0.3) is 0 Å². The Morgan fingerprint density at radius 1 is 1.22 bits per heavy atom. The lowest BCUT2D eigenvalue weighted by molar-refractivity contribution is 0.388. The average molecular weight is 243 g/mol. The van der Waals surface area contributed by atoms with Crippen molar-refractivity contribution >= 4 is 10.9 Å². The molecule has 0 radical (unpaired) electrons. The minimum Gasteiger partial charge on any atom is -0.494 e. The smallest absolute Gasteiger partial charge is 0.148 e. The minimum absolute atomic E-state index is 0.117. The first-order chi connectivity index (χ1) is 8.60. The Labute approximate surface area is 109 Å². The van der Waals surface area contributed by atoms with Gasteiger partial charge < -0.3 is 4.74 Å². The topological polar surface area (TPSA) is 22.1 Å². The maximum absolute atomic E-state index is 5.63. The van der Waals surface area contributed by atoms with E-state index >= 15 is 0 Å². The van der Waals surface area contributed by atoms with Crippen LogP contribution in [0.5, 0.6) is 5.75 Å². The highest BCUT2D eigenvalue weighted by Gasteiger charge is 2.24. The van der Waals surface area contributed by atoms with E-state index in [1.54, 1.807) is 7.11 Å². The third kappa shape index (κ3) is 2.20. The molecule has 0 aliphatic heterocycles. The Kier molecular flexibility index (Phi) is 3.55. The second kappa shape index (κ2) is 4.97. The number of hydrogen-bond acceptors (Lipinski definition) is 2. The molecule has 0 aliphatic rings. The van der Waals surface area contributed by atoms with Crippen LogP contribution in [0.15, 0.2) is 30.5 Å². The number of fused-ring (bicyclic) bond motifs is 1. The van der Waals surface area contributed by atoms with Crippen LogP contribution in [-0.2, 0) is 5.41 Å². The van der Waals surface area contributed by atoms with Gasteiger partial charge in [0, 0.05) is 17.1 Å². The SMILES string of the molecule is CCCC(C)(C)c1ccc2cccnc2c1OC. The van der Waals surface area contributed by atoms with E-state index in [-0.39, 0.29) is 5.41 Å². The monoisotopic (exact) mass is 243 g/mol. The van der Waals surface area contributed by atoms with E-state index < -0.39 is 0 Å². The van der Waals surface area contributed by atoms with Gasteiger partial charge in [-0.2, -0.15) is 0 Å². The molecular formula is C16H21NO. The predicted molar refractivity (Wildman–Crippen MR) is 76.2 cm³/mol. The van der Waals surface area contributed by atoms with E-state index in [0.29, 0.717) is 0 Å². The van der Waals surface area contributed by atoms with E-state index in [2.05, 4.69) is 44.0 Å². The molecule has 0 aliphatic carbocycles. The molecule has 0 atom stereocenters. The molecule has 0 fully saturated rings. The van der Waals surface area contributed by atoms with Crippen LogP contribution < -0.4 is 4.74 Å². The summed E-state index contributed by atoms with van der Waals surface area (Å²) < 4.78 is 5.63. The van der Waals surface area contributed by atoms with Crippen molar-refractivity contribution in [2.75, 3.05) is 7.11 Å². The van der Waals surface area contributed by atoms with E-state index in [9.17, 15) is 0 Å². The molecule has 0 spiro atoms. The van der Waals surface area contributed by atoms with Crippen molar-refractivity contribution in [3.05, 3.63) is 36.0 Å². The van der Waals surface area contributed by atoms with Crippen LogP contribution in [0.3, 0.4) is 0 Å². The normalized spacial score (nSPS) is 11.8. The summed E-state index contributed by atoms with van der Waals surface area (Å²) in [4.78, 5) is 4.46. The fourth-order valence-corrected chi connectivity index (χ4v) is 2.62. The Morgan fingerprint density at radius 3 is 2.67 bits per heavy atom. The lowest BCUT2D eigenvalue weighted by atomic mass is 9.79. The van der Waals surface area contributed by atoms with Crippen LogP contribution >= 0.6 is 0 Å². The third-order valence-electron chi connectivity index (χ3n) is 3.54. The van der Waals surface area contributed by atoms with Crippen LogP contribution in [0.2, 0.25) is 0 Å². The molecule has 1 heterocycles. The number of nitrogens with zero attached hydrogens (tertiary/aromatic N) is 1. The standard InChI is InChI=1S/C16H21NO/c1-5-10-16(2,3)13-9-8-12-7-6-11-17-14(12)15(13)18-4/h6-9,11H,5,10H2,1-4H3. The van der Waals surface area contributed by atoms with Crippen molar-refractivity contribution in [1.82, 2.24) is 4.98 Å². The van der Waals surface area contributed by atoms with Crippen molar-refractivity contribution in [1.29, 1.82) is 0 Å². The van der Waals surface area contributed by atoms with E-state index in [0.717, 1.165) is 29.5 Å². The maximum Gasteiger partial charge on any atom is 0.148 e. The van der Waals surface area contributed by atoms with Crippen molar-refractivity contribution in [3.63, 3.8) is 0 Å². The average Bonchev–Trinajstić information content (AvgIpc) is 2.37. The van der Waals surface area contributed by atoms with Gasteiger partial charge in [-0.3, -0.25) is 4.98 Å². The number of rotatable bonds is 4. The van der Waals surface area contributed by atoms with Crippen molar-refractivity contribution < 1.29 is 4.74 Å². The zero-order valence-electron chi connectivity index (χ0n) is 11.7. The third-order valence-corrected chi connectivity index (χ3v) is 3.54. The molecule has 2 aromatic rings. The second-order valence-electron chi connectivity index (χ2n) is 5.36. The van der Waals surface area contributed by atoms with E-state index in [1.807, 2.05) is 12.3 Å². The minimum atomic E-state index is 0.117. The van der Waals surface area contributed by atoms with Crippen LogP contribution in [0.25, 0.3) is 10.9 Å².